The van der Waals surface area contributed by atoms with Crippen LogP contribution in [0.15, 0.2) is 17.2 Å². The molecule has 0 atom stereocenters. The van der Waals surface area contributed by atoms with Gasteiger partial charge in [0.2, 0.25) is 5.75 Å². The fraction of sp³-hybridized carbons (Fsp3) is 0.300. The highest BCUT2D eigenvalue weighted by Gasteiger charge is 2.19. The molecule has 86 valence electrons. The molecule has 1 aromatic carbocycles. The number of nitro groups is 1. The van der Waals surface area contributed by atoms with E-state index in [1.54, 1.807) is 6.07 Å². The van der Waals surface area contributed by atoms with E-state index in [-0.39, 0.29) is 17.2 Å². The highest BCUT2D eigenvalue weighted by Crippen LogP contribution is 2.32. The average molecular weight is 223 g/mol. The quantitative estimate of drug-likeness (QED) is 0.352. The Hall–Kier alpha value is -2.11. The first-order valence-corrected chi connectivity index (χ1v) is 4.72. The molecular weight excluding hydrogens is 210 g/mol. The molecule has 0 unspecified atom stereocenters. The fourth-order valence-electron chi connectivity index (χ4n) is 1.31. The van der Waals surface area contributed by atoms with Crippen LogP contribution in [-0.2, 0) is 0 Å². The van der Waals surface area contributed by atoms with Gasteiger partial charge < -0.3 is 10.9 Å². The Balaban J connectivity index is 3.44. The van der Waals surface area contributed by atoms with Gasteiger partial charge in [0.1, 0.15) is 0 Å². The molecule has 0 fully saturated rings. The minimum Gasteiger partial charge on any atom is -0.502 e. The molecule has 0 radical (unpaired) electrons. The summed E-state index contributed by atoms with van der Waals surface area (Å²) in [5.41, 5.74) is 0.668. The maximum Gasteiger partial charge on any atom is 0.311 e. The van der Waals surface area contributed by atoms with Crippen LogP contribution in [0.25, 0.3) is 0 Å². The van der Waals surface area contributed by atoms with Crippen molar-refractivity contribution < 1.29 is 10.0 Å². The number of aromatic hydroxyl groups is 1. The van der Waals surface area contributed by atoms with Crippen molar-refractivity contribution in [2.24, 2.45) is 10.9 Å². The molecule has 0 amide bonds. The van der Waals surface area contributed by atoms with Gasteiger partial charge >= 0.3 is 5.69 Å². The second-order valence-electron chi connectivity index (χ2n) is 3.67. The minimum atomic E-state index is -0.630. The number of nitrogens with zero attached hydrogens (tertiary/aromatic N) is 2. The van der Waals surface area contributed by atoms with E-state index < -0.39 is 10.7 Å². The first-order chi connectivity index (χ1) is 7.47. The second-order valence-corrected chi connectivity index (χ2v) is 3.67. The van der Waals surface area contributed by atoms with Crippen molar-refractivity contribution in [1.82, 2.24) is 0 Å². The van der Waals surface area contributed by atoms with Crippen molar-refractivity contribution in [3.8, 4) is 5.75 Å². The number of hydrogen-bond acceptors (Lipinski definition) is 5. The van der Waals surface area contributed by atoms with Gasteiger partial charge in [-0.1, -0.05) is 13.8 Å². The van der Waals surface area contributed by atoms with Gasteiger partial charge in [-0.25, -0.2) is 0 Å². The van der Waals surface area contributed by atoms with E-state index in [9.17, 15) is 15.2 Å². The number of rotatable bonds is 3. The molecular formula is C10H13N3O3. The van der Waals surface area contributed by atoms with Crippen LogP contribution in [0.4, 0.5) is 5.69 Å². The molecule has 0 heterocycles. The highest BCUT2D eigenvalue weighted by atomic mass is 16.6. The summed E-state index contributed by atoms with van der Waals surface area (Å²) in [6.45, 7) is 3.80. The summed E-state index contributed by atoms with van der Waals surface area (Å²) >= 11 is 0. The highest BCUT2D eigenvalue weighted by molar-refractivity contribution is 5.86. The lowest BCUT2D eigenvalue weighted by Gasteiger charge is -2.08. The summed E-state index contributed by atoms with van der Waals surface area (Å²) in [4.78, 5) is 10.1. The smallest absolute Gasteiger partial charge is 0.311 e. The van der Waals surface area contributed by atoms with E-state index in [4.69, 9.17) is 5.84 Å². The van der Waals surface area contributed by atoms with Crippen molar-refractivity contribution in [2.75, 3.05) is 0 Å². The normalized spacial score (nSPS) is 11.2. The van der Waals surface area contributed by atoms with Gasteiger partial charge in [0.05, 0.1) is 11.1 Å². The third kappa shape index (κ3) is 2.28. The molecule has 0 saturated carbocycles. The van der Waals surface area contributed by atoms with Crippen molar-refractivity contribution in [3.63, 3.8) is 0 Å². The predicted molar refractivity (Wildman–Crippen MR) is 60.6 cm³/mol. The first kappa shape index (κ1) is 12.0. The molecule has 0 bridgehead atoms. The molecule has 3 N–H and O–H groups in total. The van der Waals surface area contributed by atoms with Crippen LogP contribution in [0.5, 0.6) is 5.75 Å². The van der Waals surface area contributed by atoms with Crippen molar-refractivity contribution >= 4 is 11.9 Å². The van der Waals surface area contributed by atoms with E-state index in [0.29, 0.717) is 0 Å². The molecule has 0 saturated heterocycles. The van der Waals surface area contributed by atoms with Gasteiger partial charge in [-0.05, 0) is 17.5 Å². The third-order valence-corrected chi connectivity index (χ3v) is 2.22. The number of phenols is 1. The SMILES string of the molecule is CC(C)c1cc(C=NN)c(O)c([N+](=O)[O-])c1. The lowest BCUT2D eigenvalue weighted by Crippen LogP contribution is -1.98. The topological polar surface area (TPSA) is 102 Å². The summed E-state index contributed by atoms with van der Waals surface area (Å²) in [7, 11) is 0. The zero-order chi connectivity index (χ0) is 12.3. The van der Waals surface area contributed by atoms with E-state index in [1.807, 2.05) is 13.8 Å². The number of benzene rings is 1. The standard InChI is InChI=1S/C10H13N3O3/c1-6(2)7-3-8(5-12-11)10(14)9(4-7)13(15)16/h3-6,14H,11H2,1-2H3. The fourth-order valence-corrected chi connectivity index (χ4v) is 1.31. The molecule has 6 heteroatoms. The molecule has 0 aromatic heterocycles. The van der Waals surface area contributed by atoms with Crippen LogP contribution in [0.3, 0.4) is 0 Å². The Morgan fingerprint density at radius 3 is 2.62 bits per heavy atom. The first-order valence-electron chi connectivity index (χ1n) is 4.72. The molecule has 0 aliphatic carbocycles. The Kier molecular flexibility index (Phi) is 3.44. The number of hydrogen-bond donors (Lipinski definition) is 2. The van der Waals surface area contributed by atoms with E-state index >= 15 is 0 Å². The minimum absolute atomic E-state index is 0.115. The van der Waals surface area contributed by atoms with Gasteiger partial charge in [-0.3, -0.25) is 10.1 Å². The van der Waals surface area contributed by atoms with Crippen LogP contribution < -0.4 is 5.84 Å². The maximum absolute atomic E-state index is 10.7. The second kappa shape index (κ2) is 4.61. The van der Waals surface area contributed by atoms with Gasteiger partial charge in [-0.2, -0.15) is 5.10 Å². The number of hydrazone groups is 1. The zero-order valence-corrected chi connectivity index (χ0v) is 9.04. The molecule has 16 heavy (non-hydrogen) atoms. The summed E-state index contributed by atoms with van der Waals surface area (Å²) in [5.74, 6) is 4.67. The van der Waals surface area contributed by atoms with Gasteiger partial charge in [-0.15, -0.1) is 0 Å². The van der Waals surface area contributed by atoms with Crippen LogP contribution in [0.2, 0.25) is 0 Å². The Morgan fingerprint density at radius 1 is 1.56 bits per heavy atom. The Morgan fingerprint density at radius 2 is 2.19 bits per heavy atom. The largest absolute Gasteiger partial charge is 0.502 e. The van der Waals surface area contributed by atoms with Crippen LogP contribution >= 0.6 is 0 Å². The number of nitrogens with two attached hydrogens (primary N) is 1. The third-order valence-electron chi connectivity index (χ3n) is 2.22. The number of nitro benzene ring substituents is 1. The molecule has 0 spiro atoms. The summed E-state index contributed by atoms with van der Waals surface area (Å²) in [6.07, 6.45) is 1.19. The predicted octanol–water partition coefficient (Wildman–Crippen LogP) is 1.72. The summed E-state index contributed by atoms with van der Waals surface area (Å²) in [6, 6.07) is 2.98. The lowest BCUT2D eigenvalue weighted by atomic mass is 9.99. The zero-order valence-electron chi connectivity index (χ0n) is 9.04. The maximum atomic E-state index is 10.7. The van der Waals surface area contributed by atoms with Gasteiger partial charge in [0.25, 0.3) is 0 Å². The van der Waals surface area contributed by atoms with Crippen molar-refractivity contribution in [2.45, 2.75) is 19.8 Å². The summed E-state index contributed by atoms with van der Waals surface area (Å²) in [5, 5.41) is 23.6. The van der Waals surface area contributed by atoms with E-state index in [1.165, 1.54) is 12.3 Å². The Labute approximate surface area is 92.5 Å². The molecule has 0 aliphatic rings. The van der Waals surface area contributed by atoms with Crippen LogP contribution in [0, 0.1) is 10.1 Å². The van der Waals surface area contributed by atoms with Crippen molar-refractivity contribution in [1.29, 1.82) is 0 Å². The van der Waals surface area contributed by atoms with Crippen molar-refractivity contribution in [3.05, 3.63) is 33.4 Å². The van der Waals surface area contributed by atoms with Crippen LogP contribution in [0.1, 0.15) is 30.9 Å². The average Bonchev–Trinajstić information content (AvgIpc) is 2.20. The monoisotopic (exact) mass is 223 g/mol. The van der Waals surface area contributed by atoms with Gasteiger partial charge in [0.15, 0.2) is 0 Å². The summed E-state index contributed by atoms with van der Waals surface area (Å²) < 4.78 is 0. The van der Waals surface area contributed by atoms with Gasteiger partial charge in [0, 0.05) is 11.6 Å². The molecule has 0 aliphatic heterocycles. The molecule has 1 aromatic rings. The molecule has 6 nitrogen and oxygen atoms in total. The lowest BCUT2D eigenvalue weighted by molar-refractivity contribution is -0.385. The van der Waals surface area contributed by atoms with E-state index in [2.05, 4.69) is 5.10 Å². The number of phenolic OH excluding ortho intramolecular Hbond substituents is 1. The molecule has 1 rings (SSSR count). The van der Waals surface area contributed by atoms with Crippen LogP contribution in [-0.4, -0.2) is 16.2 Å². The Bertz CT molecular complexity index is 441. The van der Waals surface area contributed by atoms with E-state index in [0.717, 1.165) is 5.56 Å².